The van der Waals surface area contributed by atoms with Crippen molar-refractivity contribution in [1.82, 2.24) is 9.97 Å². The molecule has 2 aromatic carbocycles. The van der Waals surface area contributed by atoms with Crippen molar-refractivity contribution in [2.24, 2.45) is 5.73 Å². The third kappa shape index (κ3) is 4.38. The van der Waals surface area contributed by atoms with E-state index in [0.717, 1.165) is 22.3 Å². The molecule has 4 aromatic rings. The molecule has 0 saturated heterocycles. The van der Waals surface area contributed by atoms with Crippen LogP contribution in [-0.4, -0.2) is 16.5 Å². The largest absolute Gasteiger partial charge is 0.362 e. The second-order valence-electron chi connectivity index (χ2n) is 6.88. The highest BCUT2D eigenvalue weighted by molar-refractivity contribution is 7.10. The highest BCUT2D eigenvalue weighted by atomic mass is 35.5. The molecule has 0 saturated carbocycles. The van der Waals surface area contributed by atoms with Gasteiger partial charge in [0.2, 0.25) is 5.95 Å². The third-order valence-corrected chi connectivity index (χ3v) is 6.07. The molecule has 0 aliphatic heterocycles. The van der Waals surface area contributed by atoms with Crippen LogP contribution < -0.4 is 16.4 Å². The number of thiophene rings is 1. The van der Waals surface area contributed by atoms with Crippen LogP contribution in [0.2, 0.25) is 5.02 Å². The van der Waals surface area contributed by atoms with E-state index in [1.54, 1.807) is 17.4 Å². The summed E-state index contributed by atoms with van der Waals surface area (Å²) in [6.45, 7) is 2.62. The molecule has 4 N–H and O–H groups in total. The van der Waals surface area contributed by atoms with Gasteiger partial charge in [-0.3, -0.25) is 0 Å². The zero-order chi connectivity index (χ0) is 21.1. The molecule has 0 aliphatic carbocycles. The van der Waals surface area contributed by atoms with E-state index < -0.39 is 5.82 Å². The number of rotatable bonds is 7. The van der Waals surface area contributed by atoms with Gasteiger partial charge in [-0.25, -0.2) is 9.37 Å². The molecular formula is C22H21ClFN5S. The van der Waals surface area contributed by atoms with Crippen LogP contribution in [0.25, 0.3) is 10.9 Å². The number of fused-ring (bicyclic) bond motifs is 1. The lowest BCUT2D eigenvalue weighted by molar-refractivity contribution is 0.628. The Hall–Kier alpha value is -2.74. The zero-order valence-corrected chi connectivity index (χ0v) is 17.9. The summed E-state index contributed by atoms with van der Waals surface area (Å²) in [5, 5.41) is 9.66. The van der Waals surface area contributed by atoms with Crippen molar-refractivity contribution in [1.29, 1.82) is 0 Å². The standard InChI is InChI=1S/C22H21ClFN5S/c1-13(19-6-3-11-30-19)26-21-16-5-2-4-14(9-10-25)20(16)28-22(29-21)27-15-7-8-18(24)17(23)12-15/h2-8,11-13H,9-10,25H2,1H3,(H2,26,27,28,29)/t13-/m1/s1. The molecule has 0 unspecified atom stereocenters. The minimum absolute atomic E-state index is 0.0364. The highest BCUT2D eigenvalue weighted by Crippen LogP contribution is 2.30. The Morgan fingerprint density at radius 3 is 2.77 bits per heavy atom. The summed E-state index contributed by atoms with van der Waals surface area (Å²) in [4.78, 5) is 10.6. The third-order valence-electron chi connectivity index (χ3n) is 4.72. The molecule has 0 amide bonds. The lowest BCUT2D eigenvalue weighted by Crippen LogP contribution is -2.10. The van der Waals surface area contributed by atoms with Gasteiger partial charge in [-0.2, -0.15) is 4.98 Å². The quantitative estimate of drug-likeness (QED) is 0.333. The summed E-state index contributed by atoms with van der Waals surface area (Å²) in [6.07, 6.45) is 0.704. The van der Waals surface area contributed by atoms with Crippen molar-refractivity contribution in [2.45, 2.75) is 19.4 Å². The first-order chi connectivity index (χ1) is 14.5. The molecule has 0 spiro atoms. The number of hydrogen-bond donors (Lipinski definition) is 3. The van der Waals surface area contributed by atoms with Crippen molar-refractivity contribution < 1.29 is 4.39 Å². The average molecular weight is 442 g/mol. The normalized spacial score (nSPS) is 12.1. The molecule has 8 heteroatoms. The van der Waals surface area contributed by atoms with E-state index in [9.17, 15) is 4.39 Å². The Morgan fingerprint density at radius 2 is 2.03 bits per heavy atom. The van der Waals surface area contributed by atoms with Gasteiger partial charge in [-0.15, -0.1) is 11.3 Å². The summed E-state index contributed by atoms with van der Waals surface area (Å²) in [5.41, 5.74) is 8.28. The molecule has 0 bridgehead atoms. The summed E-state index contributed by atoms with van der Waals surface area (Å²) in [6, 6.07) is 14.6. The van der Waals surface area contributed by atoms with E-state index in [4.69, 9.17) is 27.3 Å². The molecule has 1 atom stereocenters. The smallest absolute Gasteiger partial charge is 0.229 e. The summed E-state index contributed by atoms with van der Waals surface area (Å²) < 4.78 is 13.5. The van der Waals surface area contributed by atoms with Crippen molar-refractivity contribution in [3.8, 4) is 0 Å². The second-order valence-corrected chi connectivity index (χ2v) is 8.27. The first-order valence-electron chi connectivity index (χ1n) is 9.57. The predicted octanol–water partition coefficient (Wildman–Crippen LogP) is 5.90. The van der Waals surface area contributed by atoms with E-state index in [0.29, 0.717) is 24.6 Å². The lowest BCUT2D eigenvalue weighted by Gasteiger charge is -2.17. The monoisotopic (exact) mass is 441 g/mol. The number of halogens is 2. The number of aromatic nitrogens is 2. The number of hydrogen-bond acceptors (Lipinski definition) is 6. The van der Waals surface area contributed by atoms with Crippen LogP contribution >= 0.6 is 22.9 Å². The zero-order valence-electron chi connectivity index (χ0n) is 16.3. The minimum Gasteiger partial charge on any atom is -0.362 e. The maximum atomic E-state index is 13.5. The molecular weight excluding hydrogens is 421 g/mol. The summed E-state index contributed by atoms with van der Waals surface area (Å²) in [5.74, 6) is 0.644. The molecule has 0 aliphatic rings. The number of anilines is 3. The van der Waals surface area contributed by atoms with Gasteiger partial charge in [0.05, 0.1) is 16.6 Å². The number of nitrogens with two attached hydrogens (primary N) is 1. The fourth-order valence-corrected chi connectivity index (χ4v) is 4.17. The second kappa shape index (κ2) is 8.95. The van der Waals surface area contributed by atoms with Gasteiger partial charge in [-0.1, -0.05) is 29.8 Å². The SMILES string of the molecule is C[C@@H](Nc1nc(Nc2ccc(F)c(Cl)c2)nc2c(CCN)cccc12)c1cccs1. The number of nitrogens with zero attached hydrogens (tertiary/aromatic N) is 2. The van der Waals surface area contributed by atoms with Crippen LogP contribution in [0.15, 0.2) is 53.9 Å². The van der Waals surface area contributed by atoms with Gasteiger partial charge < -0.3 is 16.4 Å². The molecule has 0 radical (unpaired) electrons. The summed E-state index contributed by atoms with van der Waals surface area (Å²) >= 11 is 7.61. The Labute approximate surface area is 183 Å². The fraction of sp³-hybridized carbons (Fsp3) is 0.182. The van der Waals surface area contributed by atoms with Crippen LogP contribution in [0, 0.1) is 5.82 Å². The predicted molar refractivity (Wildman–Crippen MR) is 123 cm³/mol. The first-order valence-corrected chi connectivity index (χ1v) is 10.8. The van der Waals surface area contributed by atoms with Crippen LogP contribution in [-0.2, 0) is 6.42 Å². The van der Waals surface area contributed by atoms with Crippen molar-refractivity contribution in [3.05, 3.63) is 75.2 Å². The van der Waals surface area contributed by atoms with Gasteiger partial charge in [0.1, 0.15) is 11.6 Å². The average Bonchev–Trinajstić information content (AvgIpc) is 3.27. The van der Waals surface area contributed by atoms with Crippen LogP contribution in [0.5, 0.6) is 0 Å². The molecule has 2 aromatic heterocycles. The molecule has 2 heterocycles. The molecule has 0 fully saturated rings. The Kier molecular flexibility index (Phi) is 6.13. The topological polar surface area (TPSA) is 75.9 Å². The maximum absolute atomic E-state index is 13.5. The molecule has 4 rings (SSSR count). The van der Waals surface area contributed by atoms with Gasteiger partial charge >= 0.3 is 0 Å². The van der Waals surface area contributed by atoms with Crippen molar-refractivity contribution in [2.75, 3.05) is 17.2 Å². The van der Waals surface area contributed by atoms with E-state index in [-0.39, 0.29) is 11.1 Å². The van der Waals surface area contributed by atoms with Gasteiger partial charge in [-0.05, 0) is 61.2 Å². The van der Waals surface area contributed by atoms with Gasteiger partial charge in [0, 0.05) is 16.0 Å². The number of para-hydroxylation sites is 1. The van der Waals surface area contributed by atoms with E-state index in [1.807, 2.05) is 24.3 Å². The van der Waals surface area contributed by atoms with E-state index in [1.165, 1.54) is 17.0 Å². The Bertz CT molecular complexity index is 1170. The van der Waals surface area contributed by atoms with Gasteiger partial charge in [0.25, 0.3) is 0 Å². The van der Waals surface area contributed by atoms with E-state index in [2.05, 4.69) is 29.0 Å². The van der Waals surface area contributed by atoms with Crippen molar-refractivity contribution in [3.63, 3.8) is 0 Å². The minimum atomic E-state index is -0.473. The lowest BCUT2D eigenvalue weighted by atomic mass is 10.1. The Morgan fingerprint density at radius 1 is 1.17 bits per heavy atom. The maximum Gasteiger partial charge on any atom is 0.229 e. The first kappa shape index (κ1) is 20.5. The number of nitrogens with one attached hydrogen (secondary N) is 2. The summed E-state index contributed by atoms with van der Waals surface area (Å²) in [7, 11) is 0. The Balaban J connectivity index is 1.77. The van der Waals surface area contributed by atoms with Gasteiger partial charge in [0.15, 0.2) is 0 Å². The fourth-order valence-electron chi connectivity index (χ4n) is 3.25. The highest BCUT2D eigenvalue weighted by Gasteiger charge is 2.15. The van der Waals surface area contributed by atoms with Crippen LogP contribution in [0.3, 0.4) is 0 Å². The molecule has 5 nitrogen and oxygen atoms in total. The van der Waals surface area contributed by atoms with Crippen LogP contribution in [0.4, 0.5) is 21.8 Å². The molecule has 30 heavy (non-hydrogen) atoms. The van der Waals surface area contributed by atoms with Crippen LogP contribution in [0.1, 0.15) is 23.4 Å². The van der Waals surface area contributed by atoms with Crippen molar-refractivity contribution >= 4 is 51.3 Å². The molecule has 154 valence electrons. The number of benzene rings is 2. The van der Waals surface area contributed by atoms with E-state index >= 15 is 0 Å².